The lowest BCUT2D eigenvalue weighted by Gasteiger charge is -2.24. The maximum atomic E-state index is 14.0. The van der Waals surface area contributed by atoms with Crippen LogP contribution >= 0.6 is 0 Å². The molecule has 14 nitrogen and oxygen atoms in total. The van der Waals surface area contributed by atoms with Crippen molar-refractivity contribution < 1.29 is 48.0 Å². The highest BCUT2D eigenvalue weighted by atomic mass is 16.6. The number of ether oxygens (including phenoxy) is 4. The number of hydrogen-bond acceptors (Lipinski definition) is 10. The van der Waals surface area contributed by atoms with E-state index < -0.39 is 54.0 Å². The maximum absolute atomic E-state index is 14.0. The highest BCUT2D eigenvalue weighted by molar-refractivity contribution is 5.86. The molecule has 14 heteroatoms. The van der Waals surface area contributed by atoms with Crippen LogP contribution in [0.2, 0.25) is 0 Å². The van der Waals surface area contributed by atoms with Gasteiger partial charge in [0.2, 0.25) is 11.8 Å². The van der Waals surface area contributed by atoms with Crippen LogP contribution in [0, 0.1) is 5.92 Å². The molecule has 0 spiro atoms. The molecule has 0 saturated heterocycles. The van der Waals surface area contributed by atoms with Gasteiger partial charge in [0, 0.05) is 18.9 Å². The molecule has 70 heavy (non-hydrogen) atoms. The van der Waals surface area contributed by atoms with Crippen molar-refractivity contribution in [3.63, 3.8) is 0 Å². The van der Waals surface area contributed by atoms with E-state index in [9.17, 15) is 29.1 Å². The molecule has 0 aromatic heterocycles. The number of rotatable bonds is 19. The Balaban J connectivity index is 0.951. The minimum Gasteiger partial charge on any atom is -0.489 e. The summed E-state index contributed by atoms with van der Waals surface area (Å²) in [6, 6.07) is 40.4. The molecule has 4 amide bonds. The Bertz CT molecular complexity index is 2470. The summed E-state index contributed by atoms with van der Waals surface area (Å²) in [5.74, 6) is -1.74. The first kappa shape index (κ1) is 50.4. The smallest absolute Gasteiger partial charge is 0.407 e. The van der Waals surface area contributed by atoms with Gasteiger partial charge in [-0.25, -0.2) is 14.4 Å². The van der Waals surface area contributed by atoms with Crippen molar-refractivity contribution in [2.45, 2.75) is 88.6 Å². The Kier molecular flexibility index (Phi) is 19.0. The molecule has 0 fully saturated rings. The van der Waals surface area contributed by atoms with Gasteiger partial charge in [0.15, 0.2) is 0 Å². The van der Waals surface area contributed by atoms with Crippen molar-refractivity contribution in [1.82, 2.24) is 21.3 Å². The monoisotopic (exact) mass is 950 g/mol. The number of aliphatic hydroxyl groups is 1. The lowest BCUT2D eigenvalue weighted by molar-refractivity contribution is -0.147. The molecule has 1 aliphatic heterocycles. The van der Waals surface area contributed by atoms with Crippen LogP contribution in [0.1, 0.15) is 78.7 Å². The number of nitrogens with one attached hydrogen (secondary N) is 4. The molecular weight excluding hydrogens is 889 g/mol. The number of hydrogen-bond donors (Lipinski definition) is 5. The van der Waals surface area contributed by atoms with Crippen LogP contribution in [0.15, 0.2) is 146 Å². The van der Waals surface area contributed by atoms with Crippen molar-refractivity contribution in [2.75, 3.05) is 26.4 Å². The van der Waals surface area contributed by atoms with Crippen LogP contribution in [-0.2, 0) is 48.2 Å². The van der Waals surface area contributed by atoms with E-state index in [1.165, 1.54) is 0 Å². The summed E-state index contributed by atoms with van der Waals surface area (Å²) in [5, 5.41) is 21.7. The molecule has 0 bridgehead atoms. The third-order valence-corrected chi connectivity index (χ3v) is 12.4. The Labute approximate surface area is 409 Å². The summed E-state index contributed by atoms with van der Waals surface area (Å²) in [6.45, 7) is 0.436. The largest absolute Gasteiger partial charge is 0.489 e. The minimum atomic E-state index is -1.04. The normalized spacial score (nSPS) is 17.4. The molecule has 5 aromatic carbocycles. The fraction of sp³-hybridized carbons (Fsp3) is 0.339. The average molecular weight is 951 g/mol. The molecule has 5 N–H and O–H groups in total. The number of carbonyl (C=O) groups excluding carboxylic acids is 5. The molecule has 4 atom stereocenters. The summed E-state index contributed by atoms with van der Waals surface area (Å²) in [4.78, 5) is 67.0. The van der Waals surface area contributed by atoms with Gasteiger partial charge in [-0.2, -0.15) is 0 Å². The first-order valence-electron chi connectivity index (χ1n) is 24.1. The first-order valence-corrected chi connectivity index (χ1v) is 24.1. The predicted molar refractivity (Wildman–Crippen MR) is 264 cm³/mol. The summed E-state index contributed by atoms with van der Waals surface area (Å²) in [6.07, 6.45) is 4.72. The first-order chi connectivity index (χ1) is 34.2. The van der Waals surface area contributed by atoms with E-state index in [4.69, 9.17) is 18.9 Å². The van der Waals surface area contributed by atoms with E-state index in [-0.39, 0.29) is 51.6 Å². The number of fused-ring (bicyclic) bond motifs is 3. The van der Waals surface area contributed by atoms with Crippen LogP contribution in [0.5, 0.6) is 5.75 Å². The van der Waals surface area contributed by atoms with Crippen molar-refractivity contribution in [3.8, 4) is 16.9 Å². The van der Waals surface area contributed by atoms with Crippen molar-refractivity contribution >= 4 is 30.0 Å². The van der Waals surface area contributed by atoms with E-state index in [2.05, 4.69) is 33.4 Å². The molecule has 4 unspecified atom stereocenters. The molecule has 1 aliphatic carbocycles. The number of cyclic esters (lactones) is 1. The summed E-state index contributed by atoms with van der Waals surface area (Å²) in [7, 11) is 0. The van der Waals surface area contributed by atoms with E-state index in [1.807, 2.05) is 127 Å². The summed E-state index contributed by atoms with van der Waals surface area (Å²) >= 11 is 0. The van der Waals surface area contributed by atoms with Crippen molar-refractivity contribution in [1.29, 1.82) is 0 Å². The molecule has 2 aliphatic rings. The Hall–Kier alpha value is -7.45. The van der Waals surface area contributed by atoms with E-state index in [1.54, 1.807) is 6.08 Å². The second kappa shape index (κ2) is 26.3. The van der Waals surface area contributed by atoms with Gasteiger partial charge >= 0.3 is 18.2 Å². The quantitative estimate of drug-likeness (QED) is 0.0234. The number of esters is 1. The maximum Gasteiger partial charge on any atom is 0.407 e. The minimum absolute atomic E-state index is 0.0708. The predicted octanol–water partition coefficient (Wildman–Crippen LogP) is 8.06. The Morgan fingerprint density at radius 3 is 2.07 bits per heavy atom. The Morgan fingerprint density at radius 1 is 0.729 bits per heavy atom. The number of allylic oxidation sites excluding steroid dienone is 2. The van der Waals surface area contributed by atoms with Crippen LogP contribution in [0.25, 0.3) is 11.1 Å². The number of carbonyl (C=O) groups is 5. The number of aliphatic hydroxyl groups excluding tert-OH is 1. The van der Waals surface area contributed by atoms with Crippen LogP contribution < -0.4 is 26.0 Å². The van der Waals surface area contributed by atoms with Crippen molar-refractivity contribution in [2.24, 2.45) is 5.92 Å². The highest BCUT2D eigenvalue weighted by Crippen LogP contribution is 2.44. The van der Waals surface area contributed by atoms with Gasteiger partial charge in [0.05, 0.1) is 24.6 Å². The molecule has 5 aromatic rings. The number of benzene rings is 5. The fourth-order valence-electron chi connectivity index (χ4n) is 8.65. The molecule has 366 valence electrons. The zero-order valence-electron chi connectivity index (χ0n) is 39.3. The van der Waals surface area contributed by atoms with Gasteiger partial charge in [0.25, 0.3) is 0 Å². The topological polar surface area (TPSA) is 191 Å². The lowest BCUT2D eigenvalue weighted by Crippen LogP contribution is -2.46. The number of unbranched alkanes of at least 4 members (excludes halogenated alkanes) is 1. The fourth-order valence-corrected chi connectivity index (χ4v) is 8.65. The van der Waals surface area contributed by atoms with Crippen LogP contribution in [-0.4, -0.2) is 79.6 Å². The van der Waals surface area contributed by atoms with Gasteiger partial charge in [-0.15, -0.1) is 0 Å². The molecular formula is C56H62N4O10. The lowest BCUT2D eigenvalue weighted by atomic mass is 9.97. The van der Waals surface area contributed by atoms with E-state index >= 15 is 0 Å². The van der Waals surface area contributed by atoms with Crippen LogP contribution in [0.3, 0.4) is 0 Å². The van der Waals surface area contributed by atoms with Crippen molar-refractivity contribution in [3.05, 3.63) is 173 Å². The standard InChI is InChI=1S/C56H62N4O10/c61-34-44(32-39-27-29-45(30-28-39)67-35-40-16-4-1-5-17-40)58-52(62)33-42-20-8-3-9-26-51(60-56(66)70-38-50-48-24-12-10-22-46(48)47-23-11-13-25-49(47)50)54(64)68-37-43(59-53(42)63)21-14-15-31-57-55(65)69-36-41-18-6-2-7-19-41/h1-8,10-13,16-19,22-25,27-30,42-44,50-51,61H,9,14-15,20-21,26,31-38H2,(H,57,65)(H,58,62)(H,59,63)(H,60,66). The average Bonchev–Trinajstić information content (AvgIpc) is 3.71. The van der Waals surface area contributed by atoms with Gasteiger partial charge in [0.1, 0.15) is 38.2 Å². The zero-order chi connectivity index (χ0) is 48.9. The van der Waals surface area contributed by atoms with E-state index in [0.717, 1.165) is 38.9 Å². The van der Waals surface area contributed by atoms with Crippen LogP contribution in [0.4, 0.5) is 9.59 Å². The van der Waals surface area contributed by atoms with E-state index in [0.29, 0.717) is 51.0 Å². The van der Waals surface area contributed by atoms with Gasteiger partial charge < -0.3 is 45.3 Å². The molecule has 7 rings (SSSR count). The molecule has 0 radical (unpaired) electrons. The summed E-state index contributed by atoms with van der Waals surface area (Å²) in [5.41, 5.74) is 7.11. The second-order valence-electron chi connectivity index (χ2n) is 17.6. The van der Waals surface area contributed by atoms with Gasteiger partial charge in [-0.3, -0.25) is 9.59 Å². The molecule has 1 heterocycles. The highest BCUT2D eigenvalue weighted by Gasteiger charge is 2.31. The third-order valence-electron chi connectivity index (χ3n) is 12.4. The second-order valence-corrected chi connectivity index (χ2v) is 17.6. The number of amides is 4. The third kappa shape index (κ3) is 15.3. The van der Waals surface area contributed by atoms with Gasteiger partial charge in [-0.1, -0.05) is 133 Å². The van der Waals surface area contributed by atoms with Gasteiger partial charge in [-0.05, 0) is 96.0 Å². The zero-order valence-corrected chi connectivity index (χ0v) is 39.3. The summed E-state index contributed by atoms with van der Waals surface area (Å²) < 4.78 is 22.8. The Morgan fingerprint density at radius 2 is 1.39 bits per heavy atom. The SMILES string of the molecule is O=C(CC1CC=CCCC(NC(=O)OCC2c3ccccc3-c3ccccc32)C(=O)OCC(CCCCNC(=O)OCc2ccccc2)NC1=O)NC(CO)Cc1ccc(OCc2ccccc2)cc1. The molecule has 0 saturated carbocycles. The number of alkyl carbamates (subject to hydrolysis) is 2.